The van der Waals surface area contributed by atoms with E-state index in [1.54, 1.807) is 0 Å². The minimum Gasteiger partial charge on any atom is -0.209 e. The number of allylic oxidation sites excluding steroid dienone is 4. The lowest BCUT2D eigenvalue weighted by molar-refractivity contribution is 0.150. The maximum Gasteiger partial charge on any atom is 0.135 e. The SMILES string of the molecule is CCCC[C@H]1CCC(C2CCC(CC[C@H]3CCC(C4CCC(CC)CC4)C(F)=C3F)CC2)C(F)=C1F. The lowest BCUT2D eigenvalue weighted by atomic mass is 9.68. The Balaban J connectivity index is 1.22. The zero-order valence-electron chi connectivity index (χ0n) is 22.9. The molecule has 0 radical (unpaired) electrons. The van der Waals surface area contributed by atoms with E-state index in [0.717, 1.165) is 102 Å². The van der Waals surface area contributed by atoms with Gasteiger partial charge in [-0.2, -0.15) is 0 Å². The van der Waals surface area contributed by atoms with E-state index in [9.17, 15) is 8.78 Å². The number of hydrogen-bond donors (Lipinski definition) is 0. The van der Waals surface area contributed by atoms with Crippen LogP contribution in [0.15, 0.2) is 23.3 Å². The fourth-order valence-corrected chi connectivity index (χ4v) is 8.21. The van der Waals surface area contributed by atoms with E-state index < -0.39 is 23.3 Å². The van der Waals surface area contributed by atoms with Crippen molar-refractivity contribution in [3.63, 3.8) is 0 Å². The van der Waals surface area contributed by atoms with Gasteiger partial charge in [-0.25, -0.2) is 17.6 Å². The molecule has 0 aromatic rings. The Bertz CT molecular complexity index is 754. The number of halogens is 4. The summed E-state index contributed by atoms with van der Waals surface area (Å²) >= 11 is 0. The molecular weight excluding hydrogens is 460 g/mol. The van der Waals surface area contributed by atoms with Crippen LogP contribution in [0.4, 0.5) is 17.6 Å². The third kappa shape index (κ3) is 6.60. The molecule has 0 saturated heterocycles. The second-order valence-electron chi connectivity index (χ2n) is 12.8. The fraction of sp³-hybridized carbons (Fsp3) is 0.875. The highest BCUT2D eigenvalue weighted by atomic mass is 19.2. The quantitative estimate of drug-likeness (QED) is 0.271. The van der Waals surface area contributed by atoms with Crippen LogP contribution in [0.25, 0.3) is 0 Å². The number of hydrogen-bond acceptors (Lipinski definition) is 0. The van der Waals surface area contributed by atoms with Crippen molar-refractivity contribution in [2.45, 2.75) is 129 Å². The third-order valence-electron chi connectivity index (χ3n) is 10.8. The van der Waals surface area contributed by atoms with Crippen molar-refractivity contribution in [3.8, 4) is 0 Å². The molecule has 4 atom stereocenters. The highest BCUT2D eigenvalue weighted by Gasteiger charge is 2.39. The van der Waals surface area contributed by atoms with Crippen molar-refractivity contribution < 1.29 is 17.6 Å². The molecule has 2 fully saturated rings. The largest absolute Gasteiger partial charge is 0.209 e. The summed E-state index contributed by atoms with van der Waals surface area (Å²) in [5, 5.41) is 0. The summed E-state index contributed by atoms with van der Waals surface area (Å²) in [5.41, 5.74) is 0. The van der Waals surface area contributed by atoms with Gasteiger partial charge in [0.05, 0.1) is 0 Å². The Hall–Kier alpha value is -0.800. The van der Waals surface area contributed by atoms with E-state index >= 15 is 8.78 Å². The predicted molar refractivity (Wildman–Crippen MR) is 141 cm³/mol. The van der Waals surface area contributed by atoms with Gasteiger partial charge in [0.25, 0.3) is 0 Å². The molecule has 0 aromatic heterocycles. The molecule has 0 amide bonds. The van der Waals surface area contributed by atoms with Gasteiger partial charge in [0.2, 0.25) is 0 Å². The first-order valence-electron chi connectivity index (χ1n) is 15.5. The highest BCUT2D eigenvalue weighted by Crippen LogP contribution is 2.49. The molecule has 4 aliphatic carbocycles. The van der Waals surface area contributed by atoms with Crippen molar-refractivity contribution >= 4 is 0 Å². The zero-order valence-corrected chi connectivity index (χ0v) is 22.9. The molecule has 0 aliphatic heterocycles. The van der Waals surface area contributed by atoms with Crippen LogP contribution in [0.3, 0.4) is 0 Å². The molecule has 0 nitrogen and oxygen atoms in total. The first kappa shape index (κ1) is 28.2. The van der Waals surface area contributed by atoms with Gasteiger partial charge in [-0.05, 0) is 94.3 Å². The lowest BCUT2D eigenvalue weighted by Crippen LogP contribution is -2.28. The minimum atomic E-state index is -0.458. The maximum atomic E-state index is 15.1. The molecule has 4 rings (SSSR count). The summed E-state index contributed by atoms with van der Waals surface area (Å²) in [6.07, 6.45) is 17.1. The predicted octanol–water partition coefficient (Wildman–Crippen LogP) is 11.3. The van der Waals surface area contributed by atoms with Crippen molar-refractivity contribution in [1.82, 2.24) is 0 Å². The fourth-order valence-electron chi connectivity index (χ4n) is 8.21. The normalized spacial score (nSPS) is 38.5. The average Bonchev–Trinajstić information content (AvgIpc) is 2.91. The van der Waals surface area contributed by atoms with Gasteiger partial charge in [-0.15, -0.1) is 0 Å². The van der Waals surface area contributed by atoms with E-state index in [0.29, 0.717) is 11.8 Å². The smallest absolute Gasteiger partial charge is 0.135 e. The van der Waals surface area contributed by atoms with E-state index in [1.807, 2.05) is 0 Å². The molecule has 2 unspecified atom stereocenters. The molecular formula is C32H50F4. The molecule has 4 heteroatoms. The van der Waals surface area contributed by atoms with Crippen molar-refractivity contribution in [1.29, 1.82) is 0 Å². The standard InChI is InChI=1S/C32H50F4/c1-3-5-6-25-17-19-27(31(35)29(25)33)24-14-9-22(10-15-24)11-16-26-18-20-28(32(36)30(26)34)23-12-7-21(4-2)8-13-23/h21-28H,3-20H2,1-2H3/t21?,22?,23?,24?,25-,26-,27?,28?/m0/s1. The van der Waals surface area contributed by atoms with Crippen LogP contribution in [0.2, 0.25) is 0 Å². The van der Waals surface area contributed by atoms with Crippen LogP contribution in [0.5, 0.6) is 0 Å². The molecule has 0 aromatic carbocycles. The summed E-state index contributed by atoms with van der Waals surface area (Å²) in [7, 11) is 0. The molecule has 0 bridgehead atoms. The Morgan fingerprint density at radius 2 is 0.972 bits per heavy atom. The Labute approximate surface area is 217 Å². The van der Waals surface area contributed by atoms with Crippen molar-refractivity contribution in [2.75, 3.05) is 0 Å². The highest BCUT2D eigenvalue weighted by molar-refractivity contribution is 5.14. The average molecular weight is 511 g/mol. The van der Waals surface area contributed by atoms with Gasteiger partial charge in [-0.3, -0.25) is 0 Å². The van der Waals surface area contributed by atoms with Gasteiger partial charge >= 0.3 is 0 Å². The molecule has 4 aliphatic rings. The summed E-state index contributed by atoms with van der Waals surface area (Å²) in [5.74, 6) is -0.796. The summed E-state index contributed by atoms with van der Waals surface area (Å²) < 4.78 is 59.7. The number of unbranched alkanes of at least 4 members (excludes halogenated alkanes) is 1. The summed E-state index contributed by atoms with van der Waals surface area (Å²) in [6, 6.07) is 0. The molecule has 0 spiro atoms. The molecule has 0 heterocycles. The molecule has 36 heavy (non-hydrogen) atoms. The first-order valence-corrected chi connectivity index (χ1v) is 15.5. The first-order chi connectivity index (χ1) is 17.4. The Morgan fingerprint density at radius 1 is 0.500 bits per heavy atom. The van der Waals surface area contributed by atoms with Crippen LogP contribution in [-0.4, -0.2) is 0 Å². The van der Waals surface area contributed by atoms with Crippen LogP contribution in [-0.2, 0) is 0 Å². The van der Waals surface area contributed by atoms with Crippen LogP contribution >= 0.6 is 0 Å². The molecule has 206 valence electrons. The van der Waals surface area contributed by atoms with E-state index in [-0.39, 0.29) is 29.6 Å². The zero-order chi connectivity index (χ0) is 25.7. The van der Waals surface area contributed by atoms with Gasteiger partial charge in [0.15, 0.2) is 0 Å². The van der Waals surface area contributed by atoms with Gasteiger partial charge in [0, 0.05) is 23.7 Å². The summed E-state index contributed by atoms with van der Waals surface area (Å²) in [4.78, 5) is 0. The minimum absolute atomic E-state index is 0.185. The van der Waals surface area contributed by atoms with Gasteiger partial charge in [-0.1, -0.05) is 58.8 Å². The van der Waals surface area contributed by atoms with E-state index in [4.69, 9.17) is 0 Å². The van der Waals surface area contributed by atoms with E-state index in [1.165, 1.54) is 19.3 Å². The van der Waals surface area contributed by atoms with Gasteiger partial charge in [0.1, 0.15) is 23.3 Å². The molecule has 0 N–H and O–H groups in total. The van der Waals surface area contributed by atoms with E-state index in [2.05, 4.69) is 13.8 Å². The van der Waals surface area contributed by atoms with Crippen LogP contribution in [0.1, 0.15) is 129 Å². The van der Waals surface area contributed by atoms with Crippen molar-refractivity contribution in [3.05, 3.63) is 23.3 Å². The second kappa shape index (κ2) is 13.3. The Kier molecular flexibility index (Phi) is 10.4. The lowest BCUT2D eigenvalue weighted by Gasteiger charge is -2.38. The topological polar surface area (TPSA) is 0 Å². The monoisotopic (exact) mass is 510 g/mol. The Morgan fingerprint density at radius 3 is 1.44 bits per heavy atom. The number of rotatable bonds is 9. The van der Waals surface area contributed by atoms with Crippen LogP contribution in [0, 0.1) is 47.3 Å². The maximum absolute atomic E-state index is 15.1. The summed E-state index contributed by atoms with van der Waals surface area (Å²) in [6.45, 7) is 4.32. The van der Waals surface area contributed by atoms with Crippen molar-refractivity contribution in [2.24, 2.45) is 47.3 Å². The van der Waals surface area contributed by atoms with Gasteiger partial charge < -0.3 is 0 Å². The molecule has 2 saturated carbocycles. The van der Waals surface area contributed by atoms with Crippen LogP contribution < -0.4 is 0 Å². The third-order valence-corrected chi connectivity index (χ3v) is 10.8. The second-order valence-corrected chi connectivity index (χ2v) is 12.8.